The van der Waals surface area contributed by atoms with Crippen molar-refractivity contribution in [3.8, 4) is 0 Å². The summed E-state index contributed by atoms with van der Waals surface area (Å²) >= 11 is 0. The van der Waals surface area contributed by atoms with E-state index < -0.39 is 21.6 Å². The van der Waals surface area contributed by atoms with E-state index in [1.54, 1.807) is 19.1 Å². The van der Waals surface area contributed by atoms with Gasteiger partial charge in [-0.3, -0.25) is 4.79 Å². The van der Waals surface area contributed by atoms with Crippen molar-refractivity contribution in [3.63, 3.8) is 0 Å². The van der Waals surface area contributed by atoms with E-state index in [2.05, 4.69) is 5.32 Å². The molecule has 0 saturated heterocycles. The van der Waals surface area contributed by atoms with E-state index in [1.165, 1.54) is 30.3 Å². The maximum Gasteiger partial charge on any atom is 0.258 e. The zero-order valence-corrected chi connectivity index (χ0v) is 12.4. The Bertz CT molecular complexity index is 783. The molecule has 110 valence electrons. The molecular formula is C15H14FNO3S. The molecule has 0 bridgehead atoms. The van der Waals surface area contributed by atoms with Gasteiger partial charge in [-0.1, -0.05) is 12.1 Å². The summed E-state index contributed by atoms with van der Waals surface area (Å²) in [6, 6.07) is 10.3. The number of hydrogen-bond acceptors (Lipinski definition) is 3. The van der Waals surface area contributed by atoms with Crippen LogP contribution < -0.4 is 5.32 Å². The van der Waals surface area contributed by atoms with Crippen molar-refractivity contribution in [2.24, 2.45) is 0 Å². The van der Waals surface area contributed by atoms with Gasteiger partial charge in [0.05, 0.1) is 10.5 Å². The molecule has 0 spiro atoms. The molecule has 6 heteroatoms. The van der Waals surface area contributed by atoms with E-state index in [4.69, 9.17) is 0 Å². The van der Waals surface area contributed by atoms with E-state index in [1.807, 2.05) is 0 Å². The van der Waals surface area contributed by atoms with Gasteiger partial charge in [0.1, 0.15) is 5.82 Å². The van der Waals surface area contributed by atoms with Crippen LogP contribution in [0.15, 0.2) is 47.4 Å². The number of nitrogens with one attached hydrogen (secondary N) is 1. The predicted molar refractivity (Wildman–Crippen MR) is 78.6 cm³/mol. The van der Waals surface area contributed by atoms with Gasteiger partial charge in [0.15, 0.2) is 9.84 Å². The molecule has 0 aromatic heterocycles. The zero-order chi connectivity index (χ0) is 15.6. The molecule has 2 aromatic rings. The van der Waals surface area contributed by atoms with Crippen molar-refractivity contribution >= 4 is 21.4 Å². The summed E-state index contributed by atoms with van der Waals surface area (Å²) in [6.07, 6.45) is 1.10. The lowest BCUT2D eigenvalue weighted by molar-refractivity contribution is 0.102. The summed E-state index contributed by atoms with van der Waals surface area (Å²) in [5.41, 5.74) is 0.727. The number of benzene rings is 2. The number of anilines is 1. The Balaban J connectivity index is 2.22. The highest BCUT2D eigenvalue weighted by Crippen LogP contribution is 2.17. The minimum atomic E-state index is -3.29. The fourth-order valence-electron chi connectivity index (χ4n) is 1.81. The summed E-state index contributed by atoms with van der Waals surface area (Å²) in [4.78, 5) is 12.2. The third-order valence-corrected chi connectivity index (χ3v) is 4.11. The Morgan fingerprint density at radius 1 is 1.10 bits per heavy atom. The Morgan fingerprint density at radius 2 is 1.71 bits per heavy atom. The average molecular weight is 307 g/mol. The quantitative estimate of drug-likeness (QED) is 0.948. The van der Waals surface area contributed by atoms with E-state index >= 15 is 0 Å². The molecule has 0 fully saturated rings. The van der Waals surface area contributed by atoms with Gasteiger partial charge in [0.2, 0.25) is 0 Å². The molecular weight excluding hydrogens is 293 g/mol. The van der Waals surface area contributed by atoms with Gasteiger partial charge < -0.3 is 5.32 Å². The van der Waals surface area contributed by atoms with Crippen LogP contribution in [0, 0.1) is 12.7 Å². The highest BCUT2D eigenvalue weighted by Gasteiger charge is 2.13. The molecule has 21 heavy (non-hydrogen) atoms. The van der Waals surface area contributed by atoms with Gasteiger partial charge in [-0.25, -0.2) is 12.8 Å². The van der Waals surface area contributed by atoms with Crippen LogP contribution in [0.4, 0.5) is 10.1 Å². The average Bonchev–Trinajstić information content (AvgIpc) is 2.41. The lowest BCUT2D eigenvalue weighted by atomic mass is 10.1. The molecule has 0 aliphatic rings. The largest absolute Gasteiger partial charge is 0.322 e. The summed E-state index contributed by atoms with van der Waals surface area (Å²) in [5, 5.41) is 2.53. The van der Waals surface area contributed by atoms with Gasteiger partial charge in [-0.15, -0.1) is 0 Å². The number of carbonyl (C=O) groups is 1. The lowest BCUT2D eigenvalue weighted by Gasteiger charge is -2.08. The summed E-state index contributed by atoms with van der Waals surface area (Å²) in [7, 11) is -3.29. The molecule has 0 radical (unpaired) electrons. The second kappa shape index (κ2) is 5.65. The second-order valence-corrected chi connectivity index (χ2v) is 6.70. The Hall–Kier alpha value is -2.21. The highest BCUT2D eigenvalue weighted by molar-refractivity contribution is 7.90. The number of rotatable bonds is 3. The number of aryl methyl sites for hydroxylation is 1. The SMILES string of the molecule is Cc1cccc(C(=O)Nc2ccc(S(C)(=O)=O)cc2)c1F. The van der Waals surface area contributed by atoms with Crippen LogP contribution >= 0.6 is 0 Å². The molecule has 0 unspecified atom stereocenters. The monoisotopic (exact) mass is 307 g/mol. The smallest absolute Gasteiger partial charge is 0.258 e. The van der Waals surface area contributed by atoms with Crippen LogP contribution in [0.25, 0.3) is 0 Å². The molecule has 0 aliphatic heterocycles. The number of sulfone groups is 1. The fraction of sp³-hybridized carbons (Fsp3) is 0.133. The minimum absolute atomic E-state index is 0.0535. The van der Waals surface area contributed by atoms with Gasteiger partial charge in [-0.2, -0.15) is 0 Å². The molecule has 2 aromatic carbocycles. The number of hydrogen-bond donors (Lipinski definition) is 1. The minimum Gasteiger partial charge on any atom is -0.322 e. The van der Waals surface area contributed by atoms with Gasteiger partial charge in [0.25, 0.3) is 5.91 Å². The number of amides is 1. The molecule has 1 N–H and O–H groups in total. The van der Waals surface area contributed by atoms with Crippen LogP contribution in [-0.2, 0) is 9.84 Å². The molecule has 4 nitrogen and oxygen atoms in total. The van der Waals surface area contributed by atoms with Crippen LogP contribution in [0.5, 0.6) is 0 Å². The Labute approximate surface area is 122 Å². The van der Waals surface area contributed by atoms with E-state index in [9.17, 15) is 17.6 Å². The van der Waals surface area contributed by atoms with Crippen LogP contribution in [0.1, 0.15) is 15.9 Å². The second-order valence-electron chi connectivity index (χ2n) is 4.69. The Morgan fingerprint density at radius 3 is 2.29 bits per heavy atom. The topological polar surface area (TPSA) is 63.2 Å². The summed E-state index contributed by atoms with van der Waals surface area (Å²) in [6.45, 7) is 1.58. The van der Waals surface area contributed by atoms with Crippen molar-refractivity contribution in [2.45, 2.75) is 11.8 Å². The first-order valence-electron chi connectivity index (χ1n) is 6.15. The first-order valence-corrected chi connectivity index (χ1v) is 8.05. The molecule has 1 amide bonds. The predicted octanol–water partition coefficient (Wildman–Crippen LogP) is 2.79. The standard InChI is InChI=1S/C15H14FNO3S/c1-10-4-3-5-13(14(10)16)15(18)17-11-6-8-12(9-7-11)21(2,19)20/h3-9H,1-2H3,(H,17,18). The fourth-order valence-corrected chi connectivity index (χ4v) is 2.44. The molecule has 0 aliphatic carbocycles. The van der Waals surface area contributed by atoms with Crippen LogP contribution in [0.2, 0.25) is 0 Å². The maximum atomic E-state index is 13.8. The zero-order valence-electron chi connectivity index (χ0n) is 11.6. The van der Waals surface area contributed by atoms with Gasteiger partial charge >= 0.3 is 0 Å². The van der Waals surface area contributed by atoms with E-state index in [0.29, 0.717) is 11.3 Å². The molecule has 0 saturated carbocycles. The van der Waals surface area contributed by atoms with E-state index in [0.717, 1.165) is 6.26 Å². The van der Waals surface area contributed by atoms with Crippen LogP contribution in [-0.4, -0.2) is 20.6 Å². The third-order valence-electron chi connectivity index (χ3n) is 2.98. The maximum absolute atomic E-state index is 13.8. The first kappa shape index (κ1) is 15.2. The molecule has 0 atom stereocenters. The third kappa shape index (κ3) is 3.46. The summed E-state index contributed by atoms with van der Waals surface area (Å²) in [5.74, 6) is -1.15. The van der Waals surface area contributed by atoms with Gasteiger partial charge in [-0.05, 0) is 42.8 Å². The van der Waals surface area contributed by atoms with Crippen LogP contribution in [0.3, 0.4) is 0 Å². The van der Waals surface area contributed by atoms with Crippen molar-refractivity contribution in [1.82, 2.24) is 0 Å². The number of carbonyl (C=O) groups excluding carboxylic acids is 1. The molecule has 2 rings (SSSR count). The number of halogens is 1. The lowest BCUT2D eigenvalue weighted by Crippen LogP contribution is -2.14. The van der Waals surface area contributed by atoms with Crippen molar-refractivity contribution in [1.29, 1.82) is 0 Å². The highest BCUT2D eigenvalue weighted by atomic mass is 32.2. The molecule has 0 heterocycles. The normalized spacial score (nSPS) is 11.2. The van der Waals surface area contributed by atoms with Crippen molar-refractivity contribution in [3.05, 3.63) is 59.4 Å². The van der Waals surface area contributed by atoms with Crippen molar-refractivity contribution < 1.29 is 17.6 Å². The van der Waals surface area contributed by atoms with Gasteiger partial charge in [0, 0.05) is 11.9 Å². The van der Waals surface area contributed by atoms with E-state index in [-0.39, 0.29) is 10.5 Å². The van der Waals surface area contributed by atoms with Crippen molar-refractivity contribution in [2.75, 3.05) is 11.6 Å². The Kier molecular flexibility index (Phi) is 4.09. The summed E-state index contributed by atoms with van der Waals surface area (Å²) < 4.78 is 36.5. The first-order chi connectivity index (χ1) is 9.79.